The van der Waals surface area contributed by atoms with Gasteiger partial charge in [0.1, 0.15) is 0 Å². The number of carbonyl (C=O) groups excluding carboxylic acids is 1. The Labute approximate surface area is 171 Å². The van der Waals surface area contributed by atoms with Gasteiger partial charge in [-0.25, -0.2) is 9.48 Å². The monoisotopic (exact) mass is 399 g/mol. The maximum Gasteiger partial charge on any atom is 0.335 e. The van der Waals surface area contributed by atoms with Gasteiger partial charge in [-0.15, -0.1) is 0 Å². The lowest BCUT2D eigenvalue weighted by Gasteiger charge is -2.12. The van der Waals surface area contributed by atoms with Gasteiger partial charge in [-0.1, -0.05) is 54.6 Å². The van der Waals surface area contributed by atoms with E-state index in [2.05, 4.69) is 10.4 Å². The molecule has 0 spiro atoms. The minimum absolute atomic E-state index is 0.0552. The van der Waals surface area contributed by atoms with Crippen LogP contribution in [-0.4, -0.2) is 26.8 Å². The molecule has 2 N–H and O–H groups in total. The molecule has 0 aliphatic rings. The summed E-state index contributed by atoms with van der Waals surface area (Å²) in [7, 11) is 0. The molecule has 0 unspecified atom stereocenters. The fourth-order valence-corrected chi connectivity index (χ4v) is 3.19. The highest BCUT2D eigenvalue weighted by molar-refractivity contribution is 6.11. The van der Waals surface area contributed by atoms with Gasteiger partial charge in [-0.3, -0.25) is 9.59 Å². The highest BCUT2D eigenvalue weighted by Crippen LogP contribution is 2.17. The van der Waals surface area contributed by atoms with Crippen LogP contribution in [0.25, 0.3) is 10.8 Å². The number of aromatic carboxylic acids is 1. The molecule has 0 bridgehead atoms. The van der Waals surface area contributed by atoms with E-state index in [1.807, 2.05) is 30.3 Å². The lowest BCUT2D eigenvalue weighted by Crippen LogP contribution is -2.28. The normalized spacial score (nSPS) is 10.7. The Balaban J connectivity index is 1.76. The van der Waals surface area contributed by atoms with Gasteiger partial charge in [0, 0.05) is 11.1 Å². The largest absolute Gasteiger partial charge is 0.478 e. The highest BCUT2D eigenvalue weighted by Gasteiger charge is 2.17. The van der Waals surface area contributed by atoms with Crippen molar-refractivity contribution in [3.8, 4) is 0 Å². The first-order valence-electron chi connectivity index (χ1n) is 9.21. The van der Waals surface area contributed by atoms with Crippen molar-refractivity contribution in [3.63, 3.8) is 0 Å². The molecule has 0 fully saturated rings. The number of carbonyl (C=O) groups is 2. The van der Waals surface area contributed by atoms with E-state index in [9.17, 15) is 14.4 Å². The maximum absolute atomic E-state index is 13.0. The number of benzene rings is 3. The average Bonchev–Trinajstić information content (AvgIpc) is 2.76. The van der Waals surface area contributed by atoms with Crippen LogP contribution in [0.5, 0.6) is 0 Å². The number of rotatable bonds is 5. The molecule has 4 rings (SSSR count). The highest BCUT2D eigenvalue weighted by atomic mass is 16.4. The van der Waals surface area contributed by atoms with Gasteiger partial charge in [0.2, 0.25) is 0 Å². The van der Waals surface area contributed by atoms with E-state index >= 15 is 0 Å². The van der Waals surface area contributed by atoms with Gasteiger partial charge in [0.25, 0.3) is 11.5 Å². The third kappa shape index (κ3) is 3.81. The average molecular weight is 399 g/mol. The lowest BCUT2D eigenvalue weighted by atomic mass is 10.1. The van der Waals surface area contributed by atoms with Crippen LogP contribution in [0.2, 0.25) is 0 Å². The number of fused-ring (bicyclic) bond motifs is 1. The molecular weight excluding hydrogens is 382 g/mol. The van der Waals surface area contributed by atoms with Gasteiger partial charge in [0.05, 0.1) is 17.5 Å². The van der Waals surface area contributed by atoms with E-state index in [0.717, 1.165) is 5.56 Å². The molecule has 30 heavy (non-hydrogen) atoms. The zero-order chi connectivity index (χ0) is 21.1. The topological polar surface area (TPSA) is 101 Å². The Morgan fingerprint density at radius 2 is 1.60 bits per heavy atom. The molecule has 0 saturated carbocycles. The van der Waals surface area contributed by atoms with Crippen molar-refractivity contribution in [3.05, 3.63) is 106 Å². The SMILES string of the molecule is O=C(O)c1cccc(NC(=O)c2nn(Cc3ccccc3)c(=O)c3ccccc23)c1. The van der Waals surface area contributed by atoms with Crippen molar-refractivity contribution < 1.29 is 14.7 Å². The van der Waals surface area contributed by atoms with Gasteiger partial charge in [-0.2, -0.15) is 5.10 Å². The molecule has 0 aliphatic carbocycles. The third-order valence-electron chi connectivity index (χ3n) is 4.63. The number of carboxylic acids is 1. The molecule has 7 heteroatoms. The fourth-order valence-electron chi connectivity index (χ4n) is 3.19. The van der Waals surface area contributed by atoms with Gasteiger partial charge in [0.15, 0.2) is 5.69 Å². The summed E-state index contributed by atoms with van der Waals surface area (Å²) in [5.74, 6) is -1.62. The zero-order valence-corrected chi connectivity index (χ0v) is 15.8. The Hall–Kier alpha value is -4.26. The first-order chi connectivity index (χ1) is 14.5. The first kappa shape index (κ1) is 19.1. The zero-order valence-electron chi connectivity index (χ0n) is 15.8. The van der Waals surface area contributed by atoms with Crippen molar-refractivity contribution in [2.75, 3.05) is 5.32 Å². The molecule has 7 nitrogen and oxygen atoms in total. The van der Waals surface area contributed by atoms with Gasteiger partial charge in [-0.05, 0) is 29.8 Å². The molecular formula is C23H17N3O4. The van der Waals surface area contributed by atoms with Crippen LogP contribution >= 0.6 is 0 Å². The Bertz CT molecular complexity index is 1310. The quantitative estimate of drug-likeness (QED) is 0.536. The Morgan fingerprint density at radius 1 is 0.900 bits per heavy atom. The molecule has 0 radical (unpaired) electrons. The summed E-state index contributed by atoms with van der Waals surface area (Å²) in [6.45, 7) is 0.222. The number of hydrogen-bond donors (Lipinski definition) is 2. The van der Waals surface area contributed by atoms with E-state index in [4.69, 9.17) is 5.11 Å². The fraction of sp³-hybridized carbons (Fsp3) is 0.0435. The van der Waals surface area contributed by atoms with Crippen LogP contribution in [0, 0.1) is 0 Å². The Morgan fingerprint density at radius 3 is 2.33 bits per heavy atom. The number of amides is 1. The third-order valence-corrected chi connectivity index (χ3v) is 4.63. The van der Waals surface area contributed by atoms with Crippen LogP contribution in [0.3, 0.4) is 0 Å². The van der Waals surface area contributed by atoms with Crippen molar-refractivity contribution >= 4 is 28.3 Å². The van der Waals surface area contributed by atoms with Crippen molar-refractivity contribution in [1.82, 2.24) is 9.78 Å². The molecule has 3 aromatic carbocycles. The smallest absolute Gasteiger partial charge is 0.335 e. The van der Waals surface area contributed by atoms with Gasteiger partial charge < -0.3 is 10.4 Å². The number of anilines is 1. The first-order valence-corrected chi connectivity index (χ1v) is 9.21. The molecule has 0 saturated heterocycles. The van der Waals surface area contributed by atoms with Crippen LogP contribution < -0.4 is 10.9 Å². The number of carboxylic acid groups (broad SMARTS) is 1. The standard InChI is InChI=1S/C23H17N3O4/c27-21(24-17-10-6-9-16(13-17)23(29)30)20-18-11-4-5-12-19(18)22(28)26(25-20)14-15-7-2-1-3-8-15/h1-13H,14H2,(H,24,27)(H,29,30). The second-order valence-corrected chi connectivity index (χ2v) is 6.68. The van der Waals surface area contributed by atoms with E-state index in [0.29, 0.717) is 16.5 Å². The molecule has 4 aromatic rings. The van der Waals surface area contributed by atoms with Crippen LogP contribution in [0.15, 0.2) is 83.7 Å². The summed E-state index contributed by atoms with van der Waals surface area (Å²) in [6.07, 6.45) is 0. The minimum Gasteiger partial charge on any atom is -0.478 e. The molecule has 1 aromatic heterocycles. The van der Waals surface area contributed by atoms with E-state index < -0.39 is 11.9 Å². The summed E-state index contributed by atoms with van der Waals surface area (Å²) < 4.78 is 1.26. The minimum atomic E-state index is -1.09. The van der Waals surface area contributed by atoms with Crippen molar-refractivity contribution in [2.24, 2.45) is 0 Å². The van der Waals surface area contributed by atoms with Crippen molar-refractivity contribution in [1.29, 1.82) is 0 Å². The van der Waals surface area contributed by atoms with E-state index in [1.54, 1.807) is 36.4 Å². The molecule has 0 aliphatic heterocycles. The number of nitrogens with one attached hydrogen (secondary N) is 1. The molecule has 0 atom stereocenters. The molecule has 1 heterocycles. The summed E-state index contributed by atoms with van der Waals surface area (Å²) in [5.41, 5.74) is 1.05. The second kappa shape index (κ2) is 8.00. The Kier molecular flexibility index (Phi) is 5.09. The number of aromatic nitrogens is 2. The number of hydrogen-bond acceptors (Lipinski definition) is 4. The van der Waals surface area contributed by atoms with E-state index in [1.165, 1.54) is 16.8 Å². The lowest BCUT2D eigenvalue weighted by molar-refractivity contribution is 0.0696. The second-order valence-electron chi connectivity index (χ2n) is 6.68. The van der Waals surface area contributed by atoms with Crippen LogP contribution in [0.4, 0.5) is 5.69 Å². The predicted octanol–water partition coefficient (Wildman–Crippen LogP) is 3.40. The summed E-state index contributed by atoms with van der Waals surface area (Å²) in [6, 6.07) is 22.1. The van der Waals surface area contributed by atoms with Crippen molar-refractivity contribution in [2.45, 2.75) is 6.54 Å². The maximum atomic E-state index is 13.0. The molecule has 1 amide bonds. The van der Waals surface area contributed by atoms with Crippen LogP contribution in [0.1, 0.15) is 26.4 Å². The number of nitrogens with zero attached hydrogens (tertiary/aromatic N) is 2. The predicted molar refractivity (Wildman–Crippen MR) is 113 cm³/mol. The van der Waals surface area contributed by atoms with Crippen LogP contribution in [-0.2, 0) is 6.54 Å². The molecule has 148 valence electrons. The summed E-state index contributed by atoms with van der Waals surface area (Å²) in [4.78, 5) is 37.1. The van der Waals surface area contributed by atoms with Gasteiger partial charge >= 0.3 is 5.97 Å². The van der Waals surface area contributed by atoms with E-state index in [-0.39, 0.29) is 23.4 Å². The summed E-state index contributed by atoms with van der Waals surface area (Å²) in [5, 5.41) is 17.0. The summed E-state index contributed by atoms with van der Waals surface area (Å²) >= 11 is 0.